The molecule has 0 heterocycles. The van der Waals surface area contributed by atoms with Gasteiger partial charge in [-0.3, -0.25) is 0 Å². The summed E-state index contributed by atoms with van der Waals surface area (Å²) in [6.45, 7) is 0. The van der Waals surface area contributed by atoms with Crippen LogP contribution in [0, 0.1) is 0 Å². The number of carboxylic acids is 1. The third kappa shape index (κ3) is 3.22. The van der Waals surface area contributed by atoms with E-state index in [-0.39, 0.29) is 0 Å². The van der Waals surface area contributed by atoms with Crippen LogP contribution >= 0.6 is 0 Å². The van der Waals surface area contributed by atoms with E-state index in [1.165, 1.54) is 6.08 Å². The second-order valence-electron chi connectivity index (χ2n) is 3.99. The maximum absolute atomic E-state index is 10.6. The fraction of sp³-hybridized carbons (Fsp3) is 0.0625. The number of methoxy groups -OCH3 is 1. The Morgan fingerprint density at radius 3 is 2.47 bits per heavy atom. The molecule has 2 aromatic carbocycles. The van der Waals surface area contributed by atoms with E-state index in [4.69, 9.17) is 9.84 Å². The van der Waals surface area contributed by atoms with Crippen LogP contribution in [0.2, 0.25) is 0 Å². The molecular formula is C16H14O3. The summed E-state index contributed by atoms with van der Waals surface area (Å²) in [6, 6.07) is 15.6. The number of carbonyl (C=O) groups is 1. The Kier molecular flexibility index (Phi) is 3.98. The molecule has 2 rings (SSSR count). The lowest BCUT2D eigenvalue weighted by Gasteiger charge is -2.08. The van der Waals surface area contributed by atoms with Gasteiger partial charge in [0.2, 0.25) is 0 Å². The van der Waals surface area contributed by atoms with Gasteiger partial charge in [0.25, 0.3) is 0 Å². The van der Waals surface area contributed by atoms with Crippen LogP contribution in [0.5, 0.6) is 5.75 Å². The van der Waals surface area contributed by atoms with Gasteiger partial charge >= 0.3 is 5.97 Å². The van der Waals surface area contributed by atoms with Crippen molar-refractivity contribution in [3.63, 3.8) is 0 Å². The average molecular weight is 254 g/mol. The first-order chi connectivity index (χ1) is 9.20. The van der Waals surface area contributed by atoms with E-state index in [0.717, 1.165) is 22.8 Å². The van der Waals surface area contributed by atoms with E-state index in [2.05, 4.69) is 0 Å². The fourth-order valence-corrected chi connectivity index (χ4v) is 1.84. The zero-order valence-electron chi connectivity index (χ0n) is 10.5. The maximum atomic E-state index is 10.6. The molecule has 0 amide bonds. The molecule has 0 atom stereocenters. The monoisotopic (exact) mass is 254 g/mol. The van der Waals surface area contributed by atoms with Crippen molar-refractivity contribution in [1.82, 2.24) is 0 Å². The molecule has 0 unspecified atom stereocenters. The number of aliphatic carboxylic acids is 1. The van der Waals surface area contributed by atoms with Gasteiger partial charge < -0.3 is 9.84 Å². The van der Waals surface area contributed by atoms with Crippen LogP contribution in [0.3, 0.4) is 0 Å². The van der Waals surface area contributed by atoms with Gasteiger partial charge in [-0.2, -0.15) is 0 Å². The SMILES string of the molecule is COc1ccc(-c2ccccc2)cc1/C=C\C(=O)O. The van der Waals surface area contributed by atoms with E-state index in [0.29, 0.717) is 5.75 Å². The van der Waals surface area contributed by atoms with Gasteiger partial charge in [0, 0.05) is 11.6 Å². The fourth-order valence-electron chi connectivity index (χ4n) is 1.84. The van der Waals surface area contributed by atoms with Crippen molar-refractivity contribution in [3.05, 3.63) is 60.2 Å². The number of hydrogen-bond donors (Lipinski definition) is 1. The van der Waals surface area contributed by atoms with E-state index in [1.807, 2.05) is 48.5 Å². The second-order valence-corrected chi connectivity index (χ2v) is 3.99. The van der Waals surface area contributed by atoms with Crippen molar-refractivity contribution in [2.75, 3.05) is 7.11 Å². The molecule has 0 aliphatic carbocycles. The molecule has 0 aromatic heterocycles. The van der Waals surface area contributed by atoms with Crippen LogP contribution in [0.4, 0.5) is 0 Å². The topological polar surface area (TPSA) is 46.5 Å². The minimum Gasteiger partial charge on any atom is -0.496 e. The quantitative estimate of drug-likeness (QED) is 0.850. The standard InChI is InChI=1S/C16H14O3/c1-19-15-9-7-13(12-5-3-2-4-6-12)11-14(15)8-10-16(17)18/h2-11H,1H3,(H,17,18)/b10-8-. The van der Waals surface area contributed by atoms with Gasteiger partial charge in [0.05, 0.1) is 7.11 Å². The van der Waals surface area contributed by atoms with Gasteiger partial charge in [-0.15, -0.1) is 0 Å². The third-order valence-electron chi connectivity index (χ3n) is 2.74. The second kappa shape index (κ2) is 5.87. The highest BCUT2D eigenvalue weighted by Crippen LogP contribution is 2.27. The molecule has 0 saturated carbocycles. The van der Waals surface area contributed by atoms with Gasteiger partial charge in [0.15, 0.2) is 0 Å². The average Bonchev–Trinajstić information content (AvgIpc) is 2.45. The van der Waals surface area contributed by atoms with Gasteiger partial charge in [-0.05, 0) is 29.3 Å². The summed E-state index contributed by atoms with van der Waals surface area (Å²) in [4.78, 5) is 10.6. The Morgan fingerprint density at radius 2 is 1.84 bits per heavy atom. The molecule has 0 fully saturated rings. The van der Waals surface area contributed by atoms with Gasteiger partial charge in [-0.25, -0.2) is 4.79 Å². The third-order valence-corrected chi connectivity index (χ3v) is 2.74. The number of rotatable bonds is 4. The molecule has 0 saturated heterocycles. The van der Waals surface area contributed by atoms with Crippen LogP contribution < -0.4 is 4.74 Å². The predicted octanol–water partition coefficient (Wildman–Crippen LogP) is 3.46. The van der Waals surface area contributed by atoms with Crippen molar-refractivity contribution in [2.45, 2.75) is 0 Å². The molecule has 3 nitrogen and oxygen atoms in total. The molecule has 2 aromatic rings. The molecule has 3 heteroatoms. The smallest absolute Gasteiger partial charge is 0.328 e. The molecular weight excluding hydrogens is 240 g/mol. The first kappa shape index (κ1) is 12.9. The predicted molar refractivity (Wildman–Crippen MR) is 75.1 cm³/mol. The van der Waals surface area contributed by atoms with Crippen LogP contribution in [0.25, 0.3) is 17.2 Å². The number of hydrogen-bond acceptors (Lipinski definition) is 2. The highest BCUT2D eigenvalue weighted by Gasteiger charge is 2.04. The lowest BCUT2D eigenvalue weighted by molar-refractivity contribution is -0.131. The summed E-state index contributed by atoms with van der Waals surface area (Å²) >= 11 is 0. The summed E-state index contributed by atoms with van der Waals surface area (Å²) in [5.41, 5.74) is 2.84. The Balaban J connectivity index is 2.44. The van der Waals surface area contributed by atoms with Crippen molar-refractivity contribution in [3.8, 4) is 16.9 Å². The minimum absolute atomic E-state index is 0.650. The molecule has 1 N–H and O–H groups in total. The Bertz CT molecular complexity index is 601. The largest absolute Gasteiger partial charge is 0.496 e. The molecule has 0 radical (unpaired) electrons. The van der Waals surface area contributed by atoms with Crippen LogP contribution in [0.1, 0.15) is 5.56 Å². The van der Waals surface area contributed by atoms with Crippen molar-refractivity contribution < 1.29 is 14.6 Å². The van der Waals surface area contributed by atoms with E-state index >= 15 is 0 Å². The highest BCUT2D eigenvalue weighted by molar-refractivity contribution is 5.86. The van der Waals surface area contributed by atoms with Gasteiger partial charge in [-0.1, -0.05) is 36.4 Å². The van der Waals surface area contributed by atoms with E-state index < -0.39 is 5.97 Å². The summed E-state index contributed by atoms with van der Waals surface area (Å²) in [7, 11) is 1.57. The van der Waals surface area contributed by atoms with Crippen LogP contribution in [-0.2, 0) is 4.79 Å². The van der Waals surface area contributed by atoms with Crippen LogP contribution in [-0.4, -0.2) is 18.2 Å². The van der Waals surface area contributed by atoms with E-state index in [9.17, 15) is 4.79 Å². The number of ether oxygens (including phenoxy) is 1. The number of carboxylic acid groups (broad SMARTS) is 1. The molecule has 0 aliphatic heterocycles. The maximum Gasteiger partial charge on any atom is 0.328 e. The summed E-state index contributed by atoms with van der Waals surface area (Å²) in [5.74, 6) is -0.329. The Labute approximate surface area is 111 Å². The zero-order chi connectivity index (χ0) is 13.7. The Hall–Kier alpha value is -2.55. The van der Waals surface area contributed by atoms with Gasteiger partial charge in [0.1, 0.15) is 5.75 Å². The first-order valence-electron chi connectivity index (χ1n) is 5.85. The summed E-state index contributed by atoms with van der Waals surface area (Å²) in [5, 5.41) is 8.70. The van der Waals surface area contributed by atoms with Crippen LogP contribution in [0.15, 0.2) is 54.6 Å². The lowest BCUT2D eigenvalue weighted by Crippen LogP contribution is -1.90. The lowest BCUT2D eigenvalue weighted by atomic mass is 10.0. The van der Waals surface area contributed by atoms with Crippen molar-refractivity contribution >= 4 is 12.0 Å². The highest BCUT2D eigenvalue weighted by atomic mass is 16.5. The molecule has 0 aliphatic rings. The molecule has 0 spiro atoms. The molecule has 19 heavy (non-hydrogen) atoms. The number of benzene rings is 2. The Morgan fingerprint density at radius 1 is 1.11 bits per heavy atom. The van der Waals surface area contributed by atoms with Crippen molar-refractivity contribution in [2.24, 2.45) is 0 Å². The minimum atomic E-state index is -0.979. The summed E-state index contributed by atoms with van der Waals surface area (Å²) in [6.07, 6.45) is 2.64. The first-order valence-corrected chi connectivity index (χ1v) is 5.85. The zero-order valence-corrected chi connectivity index (χ0v) is 10.5. The van der Waals surface area contributed by atoms with E-state index in [1.54, 1.807) is 7.11 Å². The molecule has 96 valence electrons. The van der Waals surface area contributed by atoms with Crippen molar-refractivity contribution in [1.29, 1.82) is 0 Å². The molecule has 0 bridgehead atoms. The summed E-state index contributed by atoms with van der Waals surface area (Å²) < 4.78 is 5.22. The normalized spacial score (nSPS) is 10.6.